The number of benzene rings is 2. The Morgan fingerprint density at radius 1 is 1.04 bits per heavy atom. The number of anilines is 2. The predicted octanol–water partition coefficient (Wildman–Crippen LogP) is 4.06. The van der Waals surface area contributed by atoms with Crippen molar-refractivity contribution in [2.45, 2.75) is 6.92 Å². The Kier molecular flexibility index (Phi) is 5.71. The first kappa shape index (κ1) is 17.9. The number of amides is 1. The lowest BCUT2D eigenvalue weighted by molar-refractivity contribution is -0.129. The lowest BCUT2D eigenvalue weighted by atomic mass is 10.2. The summed E-state index contributed by atoms with van der Waals surface area (Å²) in [4.78, 5) is 16.6. The number of hydrogen-bond acceptors (Lipinski definition) is 3. The maximum atomic E-state index is 12.5. The molecule has 1 fully saturated rings. The second-order valence-electron chi connectivity index (χ2n) is 6.16. The number of aryl methyl sites for hydroxylation is 1. The van der Waals surface area contributed by atoms with E-state index in [0.717, 1.165) is 35.1 Å². The molecule has 0 aliphatic carbocycles. The zero-order chi connectivity index (χ0) is 17.8. The van der Waals surface area contributed by atoms with Crippen LogP contribution in [0.4, 0.5) is 11.4 Å². The number of halogens is 2. The highest BCUT2D eigenvalue weighted by molar-refractivity contribution is 6.31. The van der Waals surface area contributed by atoms with Gasteiger partial charge in [0.2, 0.25) is 5.91 Å². The molecular weight excluding hydrogens is 357 g/mol. The standard InChI is InChI=1S/C19H21Cl2N3O/c1-14-5-6-16(21)12-18(14)22-13-19(25)24-9-7-23(8-10-24)17-4-2-3-15(20)11-17/h2-6,11-12,22H,7-10,13H2,1H3. The summed E-state index contributed by atoms with van der Waals surface area (Å²) >= 11 is 12.1. The van der Waals surface area contributed by atoms with Crippen LogP contribution in [-0.4, -0.2) is 43.5 Å². The van der Waals surface area contributed by atoms with Crippen molar-refractivity contribution in [1.29, 1.82) is 0 Å². The van der Waals surface area contributed by atoms with Crippen molar-refractivity contribution in [2.75, 3.05) is 42.9 Å². The number of piperazine rings is 1. The molecule has 2 aromatic rings. The summed E-state index contributed by atoms with van der Waals surface area (Å²) in [7, 11) is 0. The van der Waals surface area contributed by atoms with E-state index in [0.29, 0.717) is 18.1 Å². The average Bonchev–Trinajstić information content (AvgIpc) is 2.62. The fraction of sp³-hybridized carbons (Fsp3) is 0.316. The molecule has 0 saturated carbocycles. The average molecular weight is 378 g/mol. The molecule has 1 saturated heterocycles. The fourth-order valence-electron chi connectivity index (χ4n) is 2.95. The van der Waals surface area contributed by atoms with Gasteiger partial charge in [0, 0.05) is 47.6 Å². The molecule has 0 unspecified atom stereocenters. The van der Waals surface area contributed by atoms with E-state index in [4.69, 9.17) is 23.2 Å². The van der Waals surface area contributed by atoms with Crippen LogP contribution in [-0.2, 0) is 4.79 Å². The van der Waals surface area contributed by atoms with Crippen molar-refractivity contribution in [1.82, 2.24) is 4.90 Å². The van der Waals surface area contributed by atoms with Gasteiger partial charge < -0.3 is 15.1 Å². The zero-order valence-electron chi connectivity index (χ0n) is 14.1. The summed E-state index contributed by atoms with van der Waals surface area (Å²) in [5.41, 5.74) is 3.08. The molecular formula is C19H21Cl2N3O. The molecule has 25 heavy (non-hydrogen) atoms. The summed E-state index contributed by atoms with van der Waals surface area (Å²) in [6.45, 7) is 5.30. The quantitative estimate of drug-likeness (QED) is 0.872. The van der Waals surface area contributed by atoms with Crippen molar-refractivity contribution in [3.05, 3.63) is 58.1 Å². The molecule has 2 aromatic carbocycles. The van der Waals surface area contributed by atoms with Gasteiger partial charge in [-0.2, -0.15) is 0 Å². The molecule has 3 rings (SSSR count). The number of nitrogens with zero attached hydrogens (tertiary/aromatic N) is 2. The molecule has 1 N–H and O–H groups in total. The maximum absolute atomic E-state index is 12.5. The Hall–Kier alpha value is -1.91. The Labute approximate surface area is 158 Å². The molecule has 1 aliphatic rings. The summed E-state index contributed by atoms with van der Waals surface area (Å²) in [5, 5.41) is 4.59. The first-order chi connectivity index (χ1) is 12.0. The topological polar surface area (TPSA) is 35.6 Å². The van der Waals surface area contributed by atoms with Crippen molar-refractivity contribution in [3.8, 4) is 0 Å². The van der Waals surface area contributed by atoms with E-state index in [9.17, 15) is 4.79 Å². The Balaban J connectivity index is 1.52. The smallest absolute Gasteiger partial charge is 0.241 e. The summed E-state index contributed by atoms with van der Waals surface area (Å²) in [6.07, 6.45) is 0. The van der Waals surface area contributed by atoms with Crippen LogP contribution in [0.15, 0.2) is 42.5 Å². The lowest BCUT2D eigenvalue weighted by Gasteiger charge is -2.36. The third-order valence-electron chi connectivity index (χ3n) is 4.44. The Morgan fingerprint density at radius 2 is 1.76 bits per heavy atom. The highest BCUT2D eigenvalue weighted by Gasteiger charge is 2.21. The molecule has 4 nitrogen and oxygen atoms in total. The zero-order valence-corrected chi connectivity index (χ0v) is 15.6. The molecule has 6 heteroatoms. The molecule has 0 spiro atoms. The fourth-order valence-corrected chi connectivity index (χ4v) is 3.31. The Morgan fingerprint density at radius 3 is 2.48 bits per heavy atom. The van der Waals surface area contributed by atoms with Crippen molar-refractivity contribution < 1.29 is 4.79 Å². The highest BCUT2D eigenvalue weighted by Crippen LogP contribution is 2.22. The predicted molar refractivity (Wildman–Crippen MR) is 105 cm³/mol. The highest BCUT2D eigenvalue weighted by atomic mass is 35.5. The largest absolute Gasteiger partial charge is 0.376 e. The Bertz CT molecular complexity index is 758. The van der Waals surface area contributed by atoms with E-state index >= 15 is 0 Å². The van der Waals surface area contributed by atoms with E-state index in [1.807, 2.05) is 54.3 Å². The number of carbonyl (C=O) groups is 1. The SMILES string of the molecule is Cc1ccc(Cl)cc1NCC(=O)N1CCN(c2cccc(Cl)c2)CC1. The maximum Gasteiger partial charge on any atom is 0.241 e. The summed E-state index contributed by atoms with van der Waals surface area (Å²) < 4.78 is 0. The van der Waals surface area contributed by atoms with Gasteiger partial charge in [-0.1, -0.05) is 35.3 Å². The first-order valence-electron chi connectivity index (χ1n) is 8.31. The number of hydrogen-bond donors (Lipinski definition) is 1. The summed E-state index contributed by atoms with van der Waals surface area (Å²) in [6, 6.07) is 13.5. The molecule has 0 atom stereocenters. The summed E-state index contributed by atoms with van der Waals surface area (Å²) in [5.74, 6) is 0.102. The van der Waals surface area contributed by atoms with Gasteiger partial charge in [-0.05, 0) is 42.8 Å². The third-order valence-corrected chi connectivity index (χ3v) is 4.91. The van der Waals surface area contributed by atoms with Crippen LogP contribution in [0.3, 0.4) is 0 Å². The van der Waals surface area contributed by atoms with Gasteiger partial charge in [-0.15, -0.1) is 0 Å². The van der Waals surface area contributed by atoms with Gasteiger partial charge in [0.15, 0.2) is 0 Å². The molecule has 1 heterocycles. The van der Waals surface area contributed by atoms with Gasteiger partial charge in [-0.25, -0.2) is 0 Å². The van der Waals surface area contributed by atoms with E-state index < -0.39 is 0 Å². The van der Waals surface area contributed by atoms with E-state index in [2.05, 4.69) is 10.2 Å². The van der Waals surface area contributed by atoms with Crippen molar-refractivity contribution in [2.24, 2.45) is 0 Å². The molecule has 0 bridgehead atoms. The lowest BCUT2D eigenvalue weighted by Crippen LogP contribution is -2.50. The van der Waals surface area contributed by atoms with E-state index in [-0.39, 0.29) is 12.5 Å². The molecule has 132 valence electrons. The minimum Gasteiger partial charge on any atom is -0.376 e. The van der Waals surface area contributed by atoms with Gasteiger partial charge in [-0.3, -0.25) is 4.79 Å². The van der Waals surface area contributed by atoms with Crippen LogP contribution in [0.1, 0.15) is 5.56 Å². The van der Waals surface area contributed by atoms with Gasteiger partial charge in [0.1, 0.15) is 0 Å². The third kappa shape index (κ3) is 4.59. The van der Waals surface area contributed by atoms with Gasteiger partial charge >= 0.3 is 0 Å². The second kappa shape index (κ2) is 7.98. The molecule has 0 aromatic heterocycles. The van der Waals surface area contributed by atoms with Crippen molar-refractivity contribution >= 4 is 40.5 Å². The monoisotopic (exact) mass is 377 g/mol. The minimum absolute atomic E-state index is 0.102. The van der Waals surface area contributed by atoms with Gasteiger partial charge in [0.05, 0.1) is 6.54 Å². The van der Waals surface area contributed by atoms with Crippen LogP contribution in [0, 0.1) is 6.92 Å². The molecule has 1 aliphatic heterocycles. The number of rotatable bonds is 4. The first-order valence-corrected chi connectivity index (χ1v) is 9.07. The van der Waals surface area contributed by atoms with Crippen LogP contribution < -0.4 is 10.2 Å². The van der Waals surface area contributed by atoms with Crippen molar-refractivity contribution in [3.63, 3.8) is 0 Å². The number of nitrogens with one attached hydrogen (secondary N) is 1. The van der Waals surface area contributed by atoms with Gasteiger partial charge in [0.25, 0.3) is 0 Å². The molecule has 0 radical (unpaired) electrons. The number of carbonyl (C=O) groups excluding carboxylic acids is 1. The van der Waals surface area contributed by atoms with E-state index in [1.165, 1.54) is 0 Å². The normalized spacial score (nSPS) is 14.5. The van der Waals surface area contributed by atoms with E-state index in [1.54, 1.807) is 0 Å². The van der Waals surface area contributed by atoms with Crippen LogP contribution in [0.25, 0.3) is 0 Å². The molecule has 1 amide bonds. The second-order valence-corrected chi connectivity index (χ2v) is 7.03. The van der Waals surface area contributed by atoms with Crippen LogP contribution >= 0.6 is 23.2 Å². The van der Waals surface area contributed by atoms with Crippen LogP contribution in [0.5, 0.6) is 0 Å². The minimum atomic E-state index is 0.102. The van der Waals surface area contributed by atoms with Crippen LogP contribution in [0.2, 0.25) is 10.0 Å².